The Labute approximate surface area is 149 Å². The lowest BCUT2D eigenvalue weighted by atomic mass is 9.86. The second-order valence-corrected chi connectivity index (χ2v) is 6.27. The Morgan fingerprint density at radius 2 is 1.50 bits per heavy atom. The third-order valence-corrected chi connectivity index (χ3v) is 4.49. The van der Waals surface area contributed by atoms with Crippen LogP contribution in [0.3, 0.4) is 0 Å². The molecule has 0 bridgehead atoms. The topological polar surface area (TPSA) is 29.5 Å². The van der Waals surface area contributed by atoms with Crippen LogP contribution in [0.4, 0.5) is 13.2 Å². The van der Waals surface area contributed by atoms with Crippen LogP contribution < -0.4 is 4.74 Å². The first kappa shape index (κ1) is 18.1. The Morgan fingerprint density at radius 1 is 0.885 bits per heavy atom. The number of rotatable bonds is 5. The van der Waals surface area contributed by atoms with Crippen LogP contribution >= 0.6 is 0 Å². The Morgan fingerprint density at radius 3 is 2.15 bits per heavy atom. The summed E-state index contributed by atoms with van der Waals surface area (Å²) in [5, 5.41) is 11.4. The fourth-order valence-corrected chi connectivity index (χ4v) is 3.13. The average molecular weight is 360 g/mol. The number of hydrogen-bond acceptors (Lipinski definition) is 2. The molecule has 0 spiro atoms. The molecule has 0 aliphatic carbocycles. The quantitative estimate of drug-likeness (QED) is 0.602. The molecular weight excluding hydrogens is 341 g/mol. The molecule has 26 heavy (non-hydrogen) atoms. The highest BCUT2D eigenvalue weighted by Gasteiger charge is 2.29. The van der Waals surface area contributed by atoms with E-state index in [0.717, 1.165) is 27.6 Å². The number of benzene rings is 3. The first-order valence-corrected chi connectivity index (χ1v) is 8.29. The van der Waals surface area contributed by atoms with Crippen molar-refractivity contribution in [2.24, 2.45) is 0 Å². The molecule has 0 saturated heterocycles. The number of phenolic OH excluding ortho intramolecular Hbond substituents is 1. The summed E-state index contributed by atoms with van der Waals surface area (Å²) in [4.78, 5) is 0. The van der Waals surface area contributed by atoms with Gasteiger partial charge in [0.2, 0.25) is 0 Å². The zero-order chi connectivity index (χ0) is 18.7. The van der Waals surface area contributed by atoms with E-state index in [-0.39, 0.29) is 12.2 Å². The molecule has 0 unspecified atom stereocenters. The number of alkyl halides is 3. The number of ether oxygens (including phenoxy) is 1. The predicted molar refractivity (Wildman–Crippen MR) is 95.7 cm³/mol. The average Bonchev–Trinajstić information content (AvgIpc) is 2.62. The molecule has 5 heteroatoms. The van der Waals surface area contributed by atoms with E-state index in [4.69, 9.17) is 4.74 Å². The SMILES string of the molecule is COc1ccc2cc([C@H](CCC(F)(F)F)c3ccc(O)cc3)ccc2c1. The Balaban J connectivity index is 1.99. The lowest BCUT2D eigenvalue weighted by molar-refractivity contribution is -0.135. The van der Waals surface area contributed by atoms with Gasteiger partial charge in [0.25, 0.3) is 0 Å². The smallest absolute Gasteiger partial charge is 0.389 e. The Bertz CT molecular complexity index is 886. The van der Waals surface area contributed by atoms with Gasteiger partial charge in [0.1, 0.15) is 11.5 Å². The van der Waals surface area contributed by atoms with Gasteiger partial charge in [-0.2, -0.15) is 13.2 Å². The number of phenols is 1. The van der Waals surface area contributed by atoms with Crippen LogP contribution in [0.1, 0.15) is 29.9 Å². The van der Waals surface area contributed by atoms with E-state index in [9.17, 15) is 18.3 Å². The molecule has 0 aromatic heterocycles. The normalized spacial score (nSPS) is 12.9. The van der Waals surface area contributed by atoms with Crippen LogP contribution in [0.5, 0.6) is 11.5 Å². The lowest BCUT2D eigenvalue weighted by Gasteiger charge is -2.20. The van der Waals surface area contributed by atoms with Gasteiger partial charge in [0, 0.05) is 12.3 Å². The predicted octanol–water partition coefficient (Wildman–Crippen LogP) is 6.03. The third kappa shape index (κ3) is 4.28. The number of fused-ring (bicyclic) bond motifs is 1. The fourth-order valence-electron chi connectivity index (χ4n) is 3.13. The summed E-state index contributed by atoms with van der Waals surface area (Å²) >= 11 is 0. The van der Waals surface area contributed by atoms with Crippen LogP contribution in [0.15, 0.2) is 60.7 Å². The first-order valence-electron chi connectivity index (χ1n) is 8.29. The molecule has 3 rings (SSSR count). The molecule has 3 aromatic rings. The molecule has 1 atom stereocenters. The monoisotopic (exact) mass is 360 g/mol. The van der Waals surface area contributed by atoms with Crippen molar-refractivity contribution in [3.63, 3.8) is 0 Å². The minimum absolute atomic E-state index is 0.0457. The molecule has 0 aliphatic heterocycles. The highest BCUT2D eigenvalue weighted by Crippen LogP contribution is 2.36. The van der Waals surface area contributed by atoms with Crippen molar-refractivity contribution >= 4 is 10.8 Å². The number of aromatic hydroxyl groups is 1. The second-order valence-electron chi connectivity index (χ2n) is 6.27. The molecule has 0 saturated carbocycles. The zero-order valence-corrected chi connectivity index (χ0v) is 14.3. The van der Waals surface area contributed by atoms with Gasteiger partial charge < -0.3 is 9.84 Å². The Kier molecular flexibility index (Phi) is 5.07. The summed E-state index contributed by atoms with van der Waals surface area (Å²) in [6.07, 6.45) is -5.12. The summed E-state index contributed by atoms with van der Waals surface area (Å²) in [6, 6.07) is 17.6. The zero-order valence-electron chi connectivity index (χ0n) is 14.3. The minimum atomic E-state index is -4.21. The van der Waals surface area contributed by atoms with Gasteiger partial charge in [-0.05, 0) is 52.6 Å². The van der Waals surface area contributed by atoms with E-state index in [0.29, 0.717) is 0 Å². The number of hydrogen-bond donors (Lipinski definition) is 1. The van der Waals surface area contributed by atoms with Gasteiger partial charge in [-0.25, -0.2) is 0 Å². The van der Waals surface area contributed by atoms with E-state index in [1.54, 1.807) is 19.2 Å². The maximum atomic E-state index is 12.8. The maximum absolute atomic E-state index is 12.8. The summed E-state index contributed by atoms with van der Waals surface area (Å²) in [6.45, 7) is 0. The Hall–Kier alpha value is -2.69. The highest BCUT2D eigenvalue weighted by atomic mass is 19.4. The summed E-state index contributed by atoms with van der Waals surface area (Å²) in [7, 11) is 1.59. The molecule has 1 N–H and O–H groups in total. The van der Waals surface area contributed by atoms with Gasteiger partial charge in [0.05, 0.1) is 7.11 Å². The van der Waals surface area contributed by atoms with Crippen molar-refractivity contribution in [1.82, 2.24) is 0 Å². The van der Waals surface area contributed by atoms with E-state index >= 15 is 0 Å². The summed E-state index contributed by atoms with van der Waals surface area (Å²) in [5.74, 6) is 0.426. The number of methoxy groups -OCH3 is 1. The van der Waals surface area contributed by atoms with Crippen LogP contribution in [0.2, 0.25) is 0 Å². The van der Waals surface area contributed by atoms with Crippen molar-refractivity contribution in [3.05, 3.63) is 71.8 Å². The van der Waals surface area contributed by atoms with Crippen molar-refractivity contribution in [2.45, 2.75) is 24.9 Å². The molecule has 136 valence electrons. The van der Waals surface area contributed by atoms with E-state index in [2.05, 4.69) is 0 Å². The summed E-state index contributed by atoms with van der Waals surface area (Å²) < 4.78 is 43.6. The van der Waals surface area contributed by atoms with Crippen molar-refractivity contribution in [2.75, 3.05) is 7.11 Å². The molecule has 2 nitrogen and oxygen atoms in total. The summed E-state index contributed by atoms with van der Waals surface area (Å²) in [5.41, 5.74) is 1.57. The van der Waals surface area contributed by atoms with Gasteiger partial charge in [-0.15, -0.1) is 0 Å². The van der Waals surface area contributed by atoms with Gasteiger partial charge >= 0.3 is 6.18 Å². The van der Waals surface area contributed by atoms with Gasteiger partial charge in [-0.3, -0.25) is 0 Å². The number of halogens is 3. The van der Waals surface area contributed by atoms with Crippen LogP contribution in [-0.2, 0) is 0 Å². The van der Waals surface area contributed by atoms with Crippen molar-refractivity contribution in [3.8, 4) is 11.5 Å². The lowest BCUT2D eigenvalue weighted by Crippen LogP contribution is -2.11. The van der Waals surface area contributed by atoms with Crippen LogP contribution in [-0.4, -0.2) is 18.4 Å². The molecule has 0 fully saturated rings. The third-order valence-electron chi connectivity index (χ3n) is 4.49. The molecule has 3 aromatic carbocycles. The molecule has 0 amide bonds. The molecule has 0 radical (unpaired) electrons. The van der Waals surface area contributed by atoms with Crippen LogP contribution in [0, 0.1) is 0 Å². The van der Waals surface area contributed by atoms with Gasteiger partial charge in [0.15, 0.2) is 0 Å². The first-order chi connectivity index (χ1) is 12.4. The van der Waals surface area contributed by atoms with E-state index in [1.807, 2.05) is 36.4 Å². The van der Waals surface area contributed by atoms with Gasteiger partial charge in [-0.1, -0.05) is 36.4 Å². The molecular formula is C21H19F3O2. The standard InChI is InChI=1S/C21H19F3O2/c1-26-19-9-6-15-12-17(3-2-16(15)13-19)20(10-11-21(22,23)24)14-4-7-18(25)8-5-14/h2-9,12-13,20,25H,10-11H2,1H3/t20-/m1/s1. The molecule has 0 heterocycles. The molecule has 0 aliphatic rings. The fraction of sp³-hybridized carbons (Fsp3) is 0.238. The van der Waals surface area contributed by atoms with Crippen LogP contribution in [0.25, 0.3) is 10.8 Å². The largest absolute Gasteiger partial charge is 0.508 e. The van der Waals surface area contributed by atoms with E-state index in [1.165, 1.54) is 12.1 Å². The van der Waals surface area contributed by atoms with Crippen molar-refractivity contribution < 1.29 is 23.0 Å². The highest BCUT2D eigenvalue weighted by molar-refractivity contribution is 5.84. The van der Waals surface area contributed by atoms with E-state index < -0.39 is 18.5 Å². The van der Waals surface area contributed by atoms with Crippen molar-refractivity contribution in [1.29, 1.82) is 0 Å². The minimum Gasteiger partial charge on any atom is -0.508 e. The maximum Gasteiger partial charge on any atom is 0.389 e. The second kappa shape index (κ2) is 7.28.